The fourth-order valence-electron chi connectivity index (χ4n) is 3.12. The molecule has 1 aromatic carbocycles. The molecule has 2 unspecified atom stereocenters. The highest BCUT2D eigenvalue weighted by atomic mass is 19.1. The molecule has 0 spiro atoms. The highest BCUT2D eigenvalue weighted by Gasteiger charge is 2.23. The van der Waals surface area contributed by atoms with E-state index in [2.05, 4.69) is 22.0 Å². The van der Waals surface area contributed by atoms with Crippen LogP contribution in [0.15, 0.2) is 18.2 Å². The molecule has 25 heavy (non-hydrogen) atoms. The summed E-state index contributed by atoms with van der Waals surface area (Å²) in [6.45, 7) is 8.91. The summed E-state index contributed by atoms with van der Waals surface area (Å²) in [6.07, 6.45) is 0. The van der Waals surface area contributed by atoms with Gasteiger partial charge in [-0.3, -0.25) is 4.79 Å². The molecule has 3 N–H and O–H groups in total. The number of likely N-dealkylation sites (N-methyl/N-ethyl adjacent to an activating group) is 1. The smallest absolute Gasteiger partial charge is 0.239 e. The average Bonchev–Trinajstić information content (AvgIpc) is 2.62. The molecule has 0 aromatic heterocycles. The Morgan fingerprint density at radius 2 is 2.04 bits per heavy atom. The van der Waals surface area contributed by atoms with E-state index in [1.54, 1.807) is 6.07 Å². The van der Waals surface area contributed by atoms with Crippen LogP contribution in [-0.4, -0.2) is 63.3 Å². The Bertz CT molecular complexity index is 576. The van der Waals surface area contributed by atoms with Gasteiger partial charge in [0.05, 0.1) is 12.6 Å². The Balaban J connectivity index is 2.14. The molecule has 1 fully saturated rings. The van der Waals surface area contributed by atoms with Crippen LogP contribution in [0.3, 0.4) is 0 Å². The summed E-state index contributed by atoms with van der Waals surface area (Å²) in [7, 11) is 1.50. The Morgan fingerprint density at radius 1 is 1.36 bits per heavy atom. The first kappa shape index (κ1) is 19.6. The van der Waals surface area contributed by atoms with Gasteiger partial charge in [-0.05, 0) is 31.7 Å². The quantitative estimate of drug-likeness (QED) is 0.769. The minimum atomic E-state index is -0.738. The van der Waals surface area contributed by atoms with E-state index in [4.69, 9.17) is 10.5 Å². The molecule has 140 valence electrons. The van der Waals surface area contributed by atoms with Crippen LogP contribution in [0, 0.1) is 5.82 Å². The van der Waals surface area contributed by atoms with E-state index >= 15 is 0 Å². The second-order valence-electron chi connectivity index (χ2n) is 6.42. The normalized spacial score (nSPS) is 18.0. The van der Waals surface area contributed by atoms with E-state index in [1.807, 2.05) is 6.92 Å². The standard InChI is InChI=1S/C18H29FN4O2/c1-4-22-7-9-23(10-8-22)17-6-5-14(19)11-15(17)13(2)21-18(24)16(20)12-25-3/h5-6,11,13,16H,4,7-10,12,20H2,1-3H3,(H,21,24). The van der Waals surface area contributed by atoms with E-state index in [-0.39, 0.29) is 24.4 Å². The summed E-state index contributed by atoms with van der Waals surface area (Å²) in [5.41, 5.74) is 7.50. The van der Waals surface area contributed by atoms with Crippen molar-refractivity contribution in [3.05, 3.63) is 29.6 Å². The van der Waals surface area contributed by atoms with Gasteiger partial charge in [0.25, 0.3) is 0 Å². The van der Waals surface area contributed by atoms with Gasteiger partial charge in [-0.2, -0.15) is 0 Å². The molecule has 1 aliphatic rings. The number of piperazine rings is 1. The average molecular weight is 352 g/mol. The van der Waals surface area contributed by atoms with Gasteiger partial charge in [0.1, 0.15) is 11.9 Å². The third kappa shape index (κ3) is 5.14. The van der Waals surface area contributed by atoms with E-state index in [9.17, 15) is 9.18 Å². The number of hydrogen-bond donors (Lipinski definition) is 2. The summed E-state index contributed by atoms with van der Waals surface area (Å²) < 4.78 is 18.7. The van der Waals surface area contributed by atoms with Crippen molar-refractivity contribution in [3.63, 3.8) is 0 Å². The maximum absolute atomic E-state index is 13.8. The first-order valence-corrected chi connectivity index (χ1v) is 8.77. The number of amides is 1. The lowest BCUT2D eigenvalue weighted by molar-refractivity contribution is -0.124. The van der Waals surface area contributed by atoms with Crippen molar-refractivity contribution in [1.29, 1.82) is 0 Å². The van der Waals surface area contributed by atoms with Crippen LogP contribution >= 0.6 is 0 Å². The van der Waals surface area contributed by atoms with Gasteiger partial charge in [0, 0.05) is 44.5 Å². The zero-order valence-corrected chi connectivity index (χ0v) is 15.3. The predicted molar refractivity (Wildman–Crippen MR) is 97.1 cm³/mol. The summed E-state index contributed by atoms with van der Waals surface area (Å²) in [4.78, 5) is 16.8. The second kappa shape index (κ2) is 9.12. The van der Waals surface area contributed by atoms with Crippen LogP contribution < -0.4 is 16.0 Å². The van der Waals surface area contributed by atoms with Crippen LogP contribution in [-0.2, 0) is 9.53 Å². The van der Waals surface area contributed by atoms with Crippen molar-refractivity contribution in [3.8, 4) is 0 Å². The number of ether oxygens (including phenoxy) is 1. The van der Waals surface area contributed by atoms with Crippen molar-refractivity contribution < 1.29 is 13.9 Å². The summed E-state index contributed by atoms with van der Waals surface area (Å²) in [5, 5.41) is 2.86. The van der Waals surface area contributed by atoms with Crippen LogP contribution in [0.25, 0.3) is 0 Å². The van der Waals surface area contributed by atoms with E-state index in [0.29, 0.717) is 0 Å². The molecule has 1 amide bonds. The Labute approximate surface area is 149 Å². The fraction of sp³-hybridized carbons (Fsp3) is 0.611. The lowest BCUT2D eigenvalue weighted by Gasteiger charge is -2.37. The number of anilines is 1. The minimum absolute atomic E-state index is 0.146. The molecule has 1 aliphatic heterocycles. The SMILES string of the molecule is CCN1CCN(c2ccc(F)cc2C(C)NC(=O)C(N)COC)CC1. The minimum Gasteiger partial charge on any atom is -0.383 e. The second-order valence-corrected chi connectivity index (χ2v) is 6.42. The van der Waals surface area contributed by atoms with Crippen molar-refractivity contribution in [2.75, 3.05) is 51.3 Å². The van der Waals surface area contributed by atoms with E-state index in [1.165, 1.54) is 19.2 Å². The number of nitrogens with two attached hydrogens (primary N) is 1. The third-order valence-corrected chi connectivity index (χ3v) is 4.66. The first-order valence-electron chi connectivity index (χ1n) is 8.77. The number of nitrogens with zero attached hydrogens (tertiary/aromatic N) is 2. The largest absolute Gasteiger partial charge is 0.383 e. The number of halogens is 1. The monoisotopic (exact) mass is 352 g/mol. The number of carbonyl (C=O) groups excluding carboxylic acids is 1. The summed E-state index contributed by atoms with van der Waals surface area (Å²) in [5.74, 6) is -0.617. The van der Waals surface area contributed by atoms with Gasteiger partial charge >= 0.3 is 0 Å². The number of nitrogens with one attached hydrogen (secondary N) is 1. The molecule has 7 heteroatoms. The predicted octanol–water partition coefficient (Wildman–Crippen LogP) is 1.12. The van der Waals surface area contributed by atoms with Crippen LogP contribution in [0.5, 0.6) is 0 Å². The van der Waals surface area contributed by atoms with Crippen LogP contribution in [0.4, 0.5) is 10.1 Å². The van der Waals surface area contributed by atoms with Crippen molar-refractivity contribution in [2.24, 2.45) is 5.73 Å². The molecule has 6 nitrogen and oxygen atoms in total. The fourth-order valence-corrected chi connectivity index (χ4v) is 3.12. The molecule has 0 saturated carbocycles. The van der Waals surface area contributed by atoms with Gasteiger partial charge in [-0.1, -0.05) is 6.92 Å². The lowest BCUT2D eigenvalue weighted by atomic mass is 10.0. The number of hydrogen-bond acceptors (Lipinski definition) is 5. The van der Waals surface area contributed by atoms with Crippen molar-refractivity contribution >= 4 is 11.6 Å². The topological polar surface area (TPSA) is 70.8 Å². The highest BCUT2D eigenvalue weighted by molar-refractivity contribution is 5.82. The van der Waals surface area contributed by atoms with Crippen LogP contribution in [0.2, 0.25) is 0 Å². The van der Waals surface area contributed by atoms with E-state index in [0.717, 1.165) is 44.0 Å². The Morgan fingerprint density at radius 3 is 2.64 bits per heavy atom. The molecule has 1 saturated heterocycles. The number of rotatable bonds is 7. The third-order valence-electron chi connectivity index (χ3n) is 4.66. The maximum Gasteiger partial charge on any atom is 0.239 e. The molecule has 0 aliphatic carbocycles. The number of carbonyl (C=O) groups is 1. The van der Waals surface area contributed by atoms with Gasteiger partial charge in [-0.15, -0.1) is 0 Å². The summed E-state index contributed by atoms with van der Waals surface area (Å²) >= 11 is 0. The van der Waals surface area contributed by atoms with E-state index < -0.39 is 6.04 Å². The highest BCUT2D eigenvalue weighted by Crippen LogP contribution is 2.28. The van der Waals surface area contributed by atoms with Gasteiger partial charge < -0.3 is 25.6 Å². The van der Waals surface area contributed by atoms with Gasteiger partial charge in [0.15, 0.2) is 0 Å². The lowest BCUT2D eigenvalue weighted by Crippen LogP contribution is -2.47. The van der Waals surface area contributed by atoms with Gasteiger partial charge in [0.2, 0.25) is 5.91 Å². The zero-order valence-electron chi connectivity index (χ0n) is 15.3. The van der Waals surface area contributed by atoms with Crippen LogP contribution in [0.1, 0.15) is 25.5 Å². The Hall–Kier alpha value is -1.70. The molecule has 2 rings (SSSR count). The number of benzene rings is 1. The Kier molecular flexibility index (Phi) is 7.16. The molecular weight excluding hydrogens is 323 g/mol. The maximum atomic E-state index is 13.8. The molecule has 1 heterocycles. The van der Waals surface area contributed by atoms with Gasteiger partial charge in [-0.25, -0.2) is 4.39 Å². The molecule has 2 atom stereocenters. The molecule has 0 radical (unpaired) electrons. The first-order chi connectivity index (χ1) is 12.0. The number of methoxy groups -OCH3 is 1. The summed E-state index contributed by atoms with van der Waals surface area (Å²) in [6, 6.07) is 3.68. The van der Waals surface area contributed by atoms with Crippen molar-refractivity contribution in [1.82, 2.24) is 10.2 Å². The van der Waals surface area contributed by atoms with Crippen molar-refractivity contribution in [2.45, 2.75) is 25.9 Å². The molecule has 0 bridgehead atoms. The molecular formula is C18H29FN4O2. The zero-order chi connectivity index (χ0) is 18.4. The molecule has 1 aromatic rings.